The summed E-state index contributed by atoms with van der Waals surface area (Å²) in [4.78, 5) is 2.40. The molecule has 0 fully saturated rings. The third-order valence-corrected chi connectivity index (χ3v) is 3.33. The first-order chi connectivity index (χ1) is 8.56. The largest absolute Gasteiger partial charge is 0.306 e. The van der Waals surface area contributed by atoms with E-state index in [9.17, 15) is 4.39 Å². The van der Waals surface area contributed by atoms with Crippen molar-refractivity contribution < 1.29 is 4.39 Å². The average molecular weight is 252 g/mol. The molecule has 0 saturated heterocycles. The summed E-state index contributed by atoms with van der Waals surface area (Å²) in [7, 11) is 0. The third kappa shape index (κ3) is 4.75. The highest BCUT2D eigenvalue weighted by atomic mass is 19.1. The van der Waals surface area contributed by atoms with Gasteiger partial charge in [-0.2, -0.15) is 0 Å². The molecule has 1 aromatic carbocycles. The molecular weight excluding hydrogens is 227 g/mol. The van der Waals surface area contributed by atoms with Crippen LogP contribution in [0, 0.1) is 5.82 Å². The summed E-state index contributed by atoms with van der Waals surface area (Å²) < 4.78 is 12.8. The minimum atomic E-state index is -0.179. The highest BCUT2D eigenvalue weighted by Gasteiger charge is 2.11. The van der Waals surface area contributed by atoms with E-state index >= 15 is 0 Å². The second kappa shape index (κ2) is 7.49. The third-order valence-electron chi connectivity index (χ3n) is 3.33. The minimum Gasteiger partial charge on any atom is -0.306 e. The fourth-order valence-corrected chi connectivity index (χ4v) is 2.20. The van der Waals surface area contributed by atoms with E-state index in [-0.39, 0.29) is 11.9 Å². The Morgan fingerprint density at radius 1 is 1.11 bits per heavy atom. The SMILES string of the molecule is CCN(CC)CC(C)NC(C)c1ccc(F)cc1. The van der Waals surface area contributed by atoms with Gasteiger partial charge in [0.05, 0.1) is 0 Å². The zero-order valence-corrected chi connectivity index (χ0v) is 11.9. The molecule has 2 nitrogen and oxygen atoms in total. The van der Waals surface area contributed by atoms with Crippen LogP contribution in [0.15, 0.2) is 24.3 Å². The molecule has 0 aliphatic rings. The van der Waals surface area contributed by atoms with Crippen molar-refractivity contribution in [3.63, 3.8) is 0 Å². The topological polar surface area (TPSA) is 15.3 Å². The highest BCUT2D eigenvalue weighted by Crippen LogP contribution is 2.13. The van der Waals surface area contributed by atoms with E-state index in [4.69, 9.17) is 0 Å². The Kier molecular flexibility index (Phi) is 6.30. The number of likely N-dealkylation sites (N-methyl/N-ethyl adjacent to an activating group) is 1. The van der Waals surface area contributed by atoms with Gasteiger partial charge in [-0.05, 0) is 44.6 Å². The molecule has 0 amide bonds. The zero-order chi connectivity index (χ0) is 13.5. The van der Waals surface area contributed by atoms with Crippen molar-refractivity contribution in [2.75, 3.05) is 19.6 Å². The van der Waals surface area contributed by atoms with Gasteiger partial charge < -0.3 is 10.2 Å². The number of halogens is 1. The van der Waals surface area contributed by atoms with Gasteiger partial charge in [0.15, 0.2) is 0 Å². The van der Waals surface area contributed by atoms with Gasteiger partial charge in [0.1, 0.15) is 5.82 Å². The molecule has 1 rings (SSSR count). The van der Waals surface area contributed by atoms with E-state index in [1.165, 1.54) is 12.1 Å². The Morgan fingerprint density at radius 3 is 2.17 bits per heavy atom. The van der Waals surface area contributed by atoms with Gasteiger partial charge in [0.25, 0.3) is 0 Å². The van der Waals surface area contributed by atoms with Gasteiger partial charge in [0, 0.05) is 18.6 Å². The molecule has 0 aliphatic heterocycles. The van der Waals surface area contributed by atoms with E-state index in [0.717, 1.165) is 25.2 Å². The Morgan fingerprint density at radius 2 is 1.67 bits per heavy atom. The molecular formula is C15H25FN2. The zero-order valence-electron chi connectivity index (χ0n) is 11.9. The molecule has 2 atom stereocenters. The van der Waals surface area contributed by atoms with Crippen molar-refractivity contribution in [1.82, 2.24) is 10.2 Å². The van der Waals surface area contributed by atoms with Crippen LogP contribution in [-0.4, -0.2) is 30.6 Å². The summed E-state index contributed by atoms with van der Waals surface area (Å²) in [5.74, 6) is -0.179. The van der Waals surface area contributed by atoms with Crippen molar-refractivity contribution >= 4 is 0 Å². The average Bonchev–Trinajstić information content (AvgIpc) is 2.36. The summed E-state index contributed by atoms with van der Waals surface area (Å²) in [6, 6.07) is 7.39. The van der Waals surface area contributed by atoms with Crippen LogP contribution in [0.2, 0.25) is 0 Å². The van der Waals surface area contributed by atoms with Crippen molar-refractivity contribution in [2.24, 2.45) is 0 Å². The Hall–Kier alpha value is -0.930. The van der Waals surface area contributed by atoms with Crippen LogP contribution in [0.4, 0.5) is 4.39 Å². The Bertz CT molecular complexity index is 333. The number of hydrogen-bond donors (Lipinski definition) is 1. The fourth-order valence-electron chi connectivity index (χ4n) is 2.20. The summed E-state index contributed by atoms with van der Waals surface area (Å²) in [5.41, 5.74) is 1.13. The summed E-state index contributed by atoms with van der Waals surface area (Å²) in [6.45, 7) is 11.9. The van der Waals surface area contributed by atoms with Crippen molar-refractivity contribution in [3.8, 4) is 0 Å². The van der Waals surface area contributed by atoms with E-state index in [1.807, 2.05) is 12.1 Å². The number of rotatable bonds is 7. The van der Waals surface area contributed by atoms with E-state index < -0.39 is 0 Å². The van der Waals surface area contributed by atoms with Crippen LogP contribution in [0.5, 0.6) is 0 Å². The molecule has 102 valence electrons. The van der Waals surface area contributed by atoms with Gasteiger partial charge in [-0.25, -0.2) is 4.39 Å². The normalized spacial score (nSPS) is 14.8. The molecule has 2 unspecified atom stereocenters. The standard InChI is InChI=1S/C15H25FN2/c1-5-18(6-2)11-12(3)17-13(4)14-7-9-15(16)10-8-14/h7-10,12-13,17H,5-6,11H2,1-4H3. The second-order valence-electron chi connectivity index (χ2n) is 4.83. The molecule has 18 heavy (non-hydrogen) atoms. The molecule has 0 aromatic heterocycles. The molecule has 0 spiro atoms. The van der Waals surface area contributed by atoms with Gasteiger partial charge in [-0.15, -0.1) is 0 Å². The molecule has 1 aromatic rings. The van der Waals surface area contributed by atoms with Gasteiger partial charge in [-0.3, -0.25) is 0 Å². The Balaban J connectivity index is 2.48. The smallest absolute Gasteiger partial charge is 0.123 e. The lowest BCUT2D eigenvalue weighted by atomic mass is 10.1. The molecule has 0 saturated carbocycles. The minimum absolute atomic E-state index is 0.179. The van der Waals surface area contributed by atoms with Crippen LogP contribution < -0.4 is 5.32 Å². The summed E-state index contributed by atoms with van der Waals surface area (Å²) in [6.07, 6.45) is 0. The molecule has 0 bridgehead atoms. The van der Waals surface area contributed by atoms with Crippen LogP contribution in [0.25, 0.3) is 0 Å². The lowest BCUT2D eigenvalue weighted by Crippen LogP contribution is -2.40. The van der Waals surface area contributed by atoms with E-state index in [2.05, 4.69) is 37.9 Å². The summed E-state index contributed by atoms with van der Waals surface area (Å²) in [5, 5.41) is 3.55. The monoisotopic (exact) mass is 252 g/mol. The number of hydrogen-bond acceptors (Lipinski definition) is 2. The number of benzene rings is 1. The van der Waals surface area contributed by atoms with Gasteiger partial charge in [0.2, 0.25) is 0 Å². The lowest BCUT2D eigenvalue weighted by Gasteiger charge is -2.26. The molecule has 0 heterocycles. The quantitative estimate of drug-likeness (QED) is 0.801. The predicted molar refractivity (Wildman–Crippen MR) is 75.2 cm³/mol. The Labute approximate surface area is 110 Å². The van der Waals surface area contributed by atoms with Gasteiger partial charge in [-0.1, -0.05) is 26.0 Å². The molecule has 0 aliphatic carbocycles. The first kappa shape index (κ1) is 15.1. The molecule has 0 radical (unpaired) electrons. The number of nitrogens with one attached hydrogen (secondary N) is 1. The maximum atomic E-state index is 12.8. The maximum Gasteiger partial charge on any atom is 0.123 e. The first-order valence-corrected chi connectivity index (χ1v) is 6.80. The van der Waals surface area contributed by atoms with Crippen LogP contribution in [0.1, 0.15) is 39.3 Å². The predicted octanol–water partition coefficient (Wildman–Crippen LogP) is 3.21. The van der Waals surface area contributed by atoms with Gasteiger partial charge >= 0.3 is 0 Å². The fraction of sp³-hybridized carbons (Fsp3) is 0.600. The second-order valence-corrected chi connectivity index (χ2v) is 4.83. The molecule has 1 N–H and O–H groups in total. The number of nitrogens with zero attached hydrogens (tertiary/aromatic N) is 1. The van der Waals surface area contributed by atoms with Crippen molar-refractivity contribution in [2.45, 2.75) is 39.8 Å². The first-order valence-electron chi connectivity index (χ1n) is 6.80. The van der Waals surface area contributed by atoms with Crippen LogP contribution in [0.3, 0.4) is 0 Å². The van der Waals surface area contributed by atoms with E-state index in [1.54, 1.807) is 0 Å². The van der Waals surface area contributed by atoms with Crippen LogP contribution >= 0.6 is 0 Å². The lowest BCUT2D eigenvalue weighted by molar-refractivity contribution is 0.264. The van der Waals surface area contributed by atoms with Crippen molar-refractivity contribution in [3.05, 3.63) is 35.6 Å². The van der Waals surface area contributed by atoms with E-state index in [0.29, 0.717) is 6.04 Å². The maximum absolute atomic E-state index is 12.8. The van der Waals surface area contributed by atoms with Crippen LogP contribution in [-0.2, 0) is 0 Å². The highest BCUT2D eigenvalue weighted by molar-refractivity contribution is 5.19. The summed E-state index contributed by atoms with van der Waals surface area (Å²) >= 11 is 0. The molecule has 3 heteroatoms. The van der Waals surface area contributed by atoms with Crippen molar-refractivity contribution in [1.29, 1.82) is 0 Å².